The highest BCUT2D eigenvalue weighted by Crippen LogP contribution is 2.09. The van der Waals surface area contributed by atoms with E-state index in [4.69, 9.17) is 5.73 Å². The van der Waals surface area contributed by atoms with Crippen molar-refractivity contribution in [3.05, 3.63) is 0 Å². The fourth-order valence-electron chi connectivity index (χ4n) is 1.73. The van der Waals surface area contributed by atoms with Crippen LogP contribution in [-0.2, 0) is 0 Å². The zero-order chi connectivity index (χ0) is 11.1. The van der Waals surface area contributed by atoms with E-state index in [1.54, 1.807) is 0 Å². The van der Waals surface area contributed by atoms with Gasteiger partial charge >= 0.3 is 0 Å². The summed E-state index contributed by atoms with van der Waals surface area (Å²) < 4.78 is 0. The first-order valence-corrected chi connectivity index (χ1v) is 5.90. The summed E-state index contributed by atoms with van der Waals surface area (Å²) in [5.74, 6) is 2.07. The summed E-state index contributed by atoms with van der Waals surface area (Å²) >= 11 is 0. The average Bonchev–Trinajstić information content (AvgIpc) is 2.03. The van der Waals surface area contributed by atoms with Crippen molar-refractivity contribution in [3.8, 4) is 0 Å². The van der Waals surface area contributed by atoms with Crippen LogP contribution in [0.4, 0.5) is 0 Å². The Bertz CT molecular complexity index is 132. The van der Waals surface area contributed by atoms with Gasteiger partial charge in [0.15, 0.2) is 0 Å². The van der Waals surface area contributed by atoms with Gasteiger partial charge in [-0.1, -0.05) is 27.7 Å². The van der Waals surface area contributed by atoms with Crippen LogP contribution in [0.1, 0.15) is 41.0 Å². The molecule has 0 aromatic carbocycles. The molecule has 0 aromatic rings. The molecule has 0 aliphatic heterocycles. The first kappa shape index (κ1) is 13.9. The summed E-state index contributed by atoms with van der Waals surface area (Å²) in [7, 11) is 0. The van der Waals surface area contributed by atoms with Gasteiger partial charge in [0.05, 0.1) is 0 Å². The van der Waals surface area contributed by atoms with Gasteiger partial charge in [-0.3, -0.25) is 0 Å². The van der Waals surface area contributed by atoms with Gasteiger partial charge in [-0.15, -0.1) is 0 Å². The molecular weight excluding hydrogens is 172 g/mol. The van der Waals surface area contributed by atoms with E-state index in [9.17, 15) is 0 Å². The lowest BCUT2D eigenvalue weighted by Gasteiger charge is -2.23. The van der Waals surface area contributed by atoms with E-state index < -0.39 is 0 Å². The van der Waals surface area contributed by atoms with E-state index in [1.165, 1.54) is 6.42 Å². The smallest absolute Gasteiger partial charge is 0.00412 e. The van der Waals surface area contributed by atoms with Gasteiger partial charge in [0, 0.05) is 6.04 Å². The second kappa shape index (κ2) is 7.24. The molecule has 0 bridgehead atoms. The Hall–Kier alpha value is -0.0800. The highest BCUT2D eigenvalue weighted by Gasteiger charge is 2.12. The van der Waals surface area contributed by atoms with Crippen LogP contribution in [0.3, 0.4) is 0 Å². The van der Waals surface area contributed by atoms with Crippen molar-refractivity contribution in [2.75, 3.05) is 13.1 Å². The zero-order valence-electron chi connectivity index (χ0n) is 10.5. The lowest BCUT2D eigenvalue weighted by Crippen LogP contribution is -2.36. The third-order valence-corrected chi connectivity index (χ3v) is 2.80. The molecule has 0 aliphatic carbocycles. The molecule has 14 heavy (non-hydrogen) atoms. The van der Waals surface area contributed by atoms with Crippen LogP contribution in [0.5, 0.6) is 0 Å². The molecule has 2 heteroatoms. The number of rotatable bonds is 7. The normalized spacial score (nSPS) is 16.3. The van der Waals surface area contributed by atoms with Gasteiger partial charge in [0.2, 0.25) is 0 Å². The predicted molar refractivity (Wildman–Crippen MR) is 64.3 cm³/mol. The van der Waals surface area contributed by atoms with E-state index in [1.807, 2.05) is 0 Å². The molecule has 2 unspecified atom stereocenters. The molecule has 0 spiro atoms. The van der Waals surface area contributed by atoms with Crippen molar-refractivity contribution in [2.45, 2.75) is 47.1 Å². The van der Waals surface area contributed by atoms with E-state index in [2.05, 4.69) is 39.9 Å². The third-order valence-electron chi connectivity index (χ3n) is 2.80. The van der Waals surface area contributed by atoms with Crippen LogP contribution in [0.2, 0.25) is 0 Å². The SMILES string of the molecule is CC(C)CC(C)NCC(CN)C(C)C. The minimum atomic E-state index is 0.614. The van der Waals surface area contributed by atoms with Crippen molar-refractivity contribution in [1.29, 1.82) is 0 Å². The fourth-order valence-corrected chi connectivity index (χ4v) is 1.73. The summed E-state index contributed by atoms with van der Waals surface area (Å²) in [6.07, 6.45) is 1.25. The number of hydrogen-bond acceptors (Lipinski definition) is 2. The predicted octanol–water partition coefficient (Wildman–Crippen LogP) is 2.24. The van der Waals surface area contributed by atoms with Crippen molar-refractivity contribution in [3.63, 3.8) is 0 Å². The molecule has 2 atom stereocenters. The second-order valence-corrected chi connectivity index (χ2v) is 5.18. The molecule has 0 amide bonds. The molecule has 0 heterocycles. The molecule has 0 aliphatic rings. The van der Waals surface area contributed by atoms with Gasteiger partial charge in [-0.25, -0.2) is 0 Å². The zero-order valence-corrected chi connectivity index (χ0v) is 10.5. The first-order chi connectivity index (χ1) is 6.47. The minimum Gasteiger partial charge on any atom is -0.330 e. The van der Waals surface area contributed by atoms with Crippen LogP contribution < -0.4 is 11.1 Å². The van der Waals surface area contributed by atoms with Crippen LogP contribution >= 0.6 is 0 Å². The molecule has 0 fully saturated rings. The van der Waals surface area contributed by atoms with Crippen LogP contribution in [0, 0.1) is 17.8 Å². The Morgan fingerprint density at radius 1 is 1.07 bits per heavy atom. The quantitative estimate of drug-likeness (QED) is 0.661. The van der Waals surface area contributed by atoms with Crippen molar-refractivity contribution < 1.29 is 0 Å². The number of nitrogens with one attached hydrogen (secondary N) is 1. The van der Waals surface area contributed by atoms with Gasteiger partial charge in [-0.05, 0) is 44.2 Å². The summed E-state index contributed by atoms with van der Waals surface area (Å²) in [4.78, 5) is 0. The van der Waals surface area contributed by atoms with Crippen molar-refractivity contribution in [1.82, 2.24) is 5.32 Å². The van der Waals surface area contributed by atoms with Crippen molar-refractivity contribution in [2.24, 2.45) is 23.5 Å². The highest BCUT2D eigenvalue weighted by atomic mass is 14.9. The molecule has 3 N–H and O–H groups in total. The molecular formula is C12H28N2. The standard InChI is InChI=1S/C12H28N2/c1-9(2)6-11(5)14-8-12(7-13)10(3)4/h9-12,14H,6-8,13H2,1-5H3. The highest BCUT2D eigenvalue weighted by molar-refractivity contribution is 4.70. The van der Waals surface area contributed by atoms with E-state index >= 15 is 0 Å². The molecule has 0 saturated carbocycles. The van der Waals surface area contributed by atoms with E-state index in [0.717, 1.165) is 19.0 Å². The average molecular weight is 200 g/mol. The fraction of sp³-hybridized carbons (Fsp3) is 1.00. The Morgan fingerprint density at radius 2 is 1.64 bits per heavy atom. The molecule has 0 aromatic heterocycles. The maximum atomic E-state index is 5.72. The number of hydrogen-bond donors (Lipinski definition) is 2. The molecule has 0 saturated heterocycles. The summed E-state index contributed by atoms with van der Waals surface area (Å²) in [5, 5.41) is 3.57. The lowest BCUT2D eigenvalue weighted by atomic mass is 9.95. The Morgan fingerprint density at radius 3 is 2.00 bits per heavy atom. The van der Waals surface area contributed by atoms with E-state index in [-0.39, 0.29) is 0 Å². The largest absolute Gasteiger partial charge is 0.330 e. The Balaban J connectivity index is 3.68. The second-order valence-electron chi connectivity index (χ2n) is 5.18. The van der Waals surface area contributed by atoms with Gasteiger partial charge in [-0.2, -0.15) is 0 Å². The van der Waals surface area contributed by atoms with Gasteiger partial charge in [0.1, 0.15) is 0 Å². The lowest BCUT2D eigenvalue weighted by molar-refractivity contribution is 0.338. The maximum Gasteiger partial charge on any atom is 0.00412 e. The number of nitrogens with two attached hydrogens (primary N) is 1. The third kappa shape index (κ3) is 6.39. The maximum absolute atomic E-state index is 5.72. The first-order valence-electron chi connectivity index (χ1n) is 5.90. The van der Waals surface area contributed by atoms with Crippen LogP contribution in [-0.4, -0.2) is 19.1 Å². The summed E-state index contributed by atoms with van der Waals surface area (Å²) in [6.45, 7) is 13.1. The molecule has 0 radical (unpaired) electrons. The monoisotopic (exact) mass is 200 g/mol. The van der Waals surface area contributed by atoms with Crippen LogP contribution in [0.25, 0.3) is 0 Å². The minimum absolute atomic E-state index is 0.614. The van der Waals surface area contributed by atoms with Gasteiger partial charge < -0.3 is 11.1 Å². The Labute approximate surface area is 89.6 Å². The summed E-state index contributed by atoms with van der Waals surface area (Å²) in [5.41, 5.74) is 5.72. The summed E-state index contributed by atoms with van der Waals surface area (Å²) in [6, 6.07) is 0.614. The topological polar surface area (TPSA) is 38.0 Å². The molecule has 2 nitrogen and oxygen atoms in total. The van der Waals surface area contributed by atoms with Crippen molar-refractivity contribution >= 4 is 0 Å². The van der Waals surface area contributed by atoms with Crippen LogP contribution in [0.15, 0.2) is 0 Å². The Kier molecular flexibility index (Phi) is 7.20. The molecule has 0 rings (SSSR count). The van der Waals surface area contributed by atoms with E-state index in [0.29, 0.717) is 17.9 Å². The molecule has 86 valence electrons. The van der Waals surface area contributed by atoms with Gasteiger partial charge in [0.25, 0.3) is 0 Å².